The molecule has 0 spiro atoms. The summed E-state index contributed by atoms with van der Waals surface area (Å²) in [4.78, 5) is 46.6. The summed E-state index contributed by atoms with van der Waals surface area (Å²) in [5.41, 5.74) is 0.743. The molecule has 0 bridgehead atoms. The lowest BCUT2D eigenvalue weighted by Crippen LogP contribution is -2.13. The predicted molar refractivity (Wildman–Crippen MR) is 85.3 cm³/mol. The second-order valence-corrected chi connectivity index (χ2v) is 4.81. The second kappa shape index (κ2) is 7.87. The molecule has 0 N–H and O–H groups in total. The molecule has 0 atom stereocenters. The topological polar surface area (TPSA) is 96.0 Å². The average Bonchev–Trinajstić information content (AvgIpc) is 2.66. The summed E-state index contributed by atoms with van der Waals surface area (Å²) >= 11 is 0. The maximum Gasteiger partial charge on any atom is 0.346 e. The zero-order chi connectivity index (χ0) is 18.4. The lowest BCUT2D eigenvalue weighted by molar-refractivity contribution is 0.0395. The van der Waals surface area contributed by atoms with Crippen molar-refractivity contribution in [2.24, 2.45) is 0 Å². The van der Waals surface area contributed by atoms with Gasteiger partial charge in [-0.1, -0.05) is 0 Å². The number of hydrogen-bond donors (Lipinski definition) is 0. The molecule has 0 saturated carbocycles. The van der Waals surface area contributed by atoms with Crippen molar-refractivity contribution in [2.45, 2.75) is 0 Å². The number of rotatable bonds is 4. The molecule has 0 unspecified atom stereocenters. The summed E-state index contributed by atoms with van der Waals surface area (Å²) in [5.74, 6) is -2.81. The van der Waals surface area contributed by atoms with Crippen molar-refractivity contribution >= 4 is 23.9 Å². The third kappa shape index (κ3) is 4.29. The lowest BCUT2D eigenvalue weighted by Gasteiger charge is -2.05. The van der Waals surface area contributed by atoms with Gasteiger partial charge in [0.2, 0.25) is 0 Å². The van der Waals surface area contributed by atoms with Gasteiger partial charge in [0.05, 0.1) is 36.5 Å². The Morgan fingerprint density at radius 1 is 0.520 bits per heavy atom. The summed E-state index contributed by atoms with van der Waals surface area (Å²) in [6.07, 6.45) is 0. The molecule has 128 valence electrons. The Morgan fingerprint density at radius 3 is 1.00 bits per heavy atom. The monoisotopic (exact) mass is 342 g/mol. The molecule has 0 aliphatic carbocycles. The number of methoxy groups -OCH3 is 2. The molecule has 25 heavy (non-hydrogen) atoms. The van der Waals surface area contributed by atoms with E-state index < -0.39 is 23.9 Å². The molecule has 0 aromatic heterocycles. The summed E-state index contributed by atoms with van der Waals surface area (Å²) in [5, 5.41) is 0. The molecular weight excluding hydrogens is 328 g/mol. The first kappa shape index (κ1) is 17.9. The first-order valence-electron chi connectivity index (χ1n) is 7.09. The summed E-state index contributed by atoms with van der Waals surface area (Å²) in [6, 6.07) is 10.9. The Kier molecular flexibility index (Phi) is 5.62. The van der Waals surface area contributed by atoms with Crippen LogP contribution in [0.2, 0.25) is 0 Å². The molecule has 0 radical (unpaired) electrons. The van der Waals surface area contributed by atoms with Crippen LogP contribution in [0, 0.1) is 0 Å². The van der Waals surface area contributed by atoms with Gasteiger partial charge >= 0.3 is 23.9 Å². The fraction of sp³-hybridized carbons (Fsp3) is 0.111. The average molecular weight is 342 g/mol. The molecule has 0 amide bonds. The van der Waals surface area contributed by atoms with E-state index in [0.29, 0.717) is 0 Å². The van der Waals surface area contributed by atoms with E-state index in [4.69, 9.17) is 4.74 Å². The molecule has 2 aromatic rings. The highest BCUT2D eigenvalue weighted by Crippen LogP contribution is 2.11. The van der Waals surface area contributed by atoms with E-state index in [1.807, 2.05) is 0 Å². The normalized spacial score (nSPS) is 9.84. The third-order valence-corrected chi connectivity index (χ3v) is 3.27. The number of carbonyl (C=O) groups excluding carboxylic acids is 4. The fourth-order valence-corrected chi connectivity index (χ4v) is 1.92. The second-order valence-electron chi connectivity index (χ2n) is 4.81. The van der Waals surface area contributed by atoms with Gasteiger partial charge in [0, 0.05) is 0 Å². The van der Waals surface area contributed by atoms with Crippen LogP contribution in [-0.4, -0.2) is 38.1 Å². The van der Waals surface area contributed by atoms with Gasteiger partial charge in [-0.25, -0.2) is 19.2 Å². The van der Waals surface area contributed by atoms with Crippen molar-refractivity contribution in [3.05, 3.63) is 70.8 Å². The van der Waals surface area contributed by atoms with Crippen molar-refractivity contribution in [3.63, 3.8) is 0 Å². The van der Waals surface area contributed by atoms with E-state index in [0.717, 1.165) is 0 Å². The van der Waals surface area contributed by atoms with Gasteiger partial charge in [0.25, 0.3) is 0 Å². The molecule has 0 aliphatic heterocycles. The number of hydrogen-bond acceptors (Lipinski definition) is 7. The Morgan fingerprint density at radius 2 is 0.760 bits per heavy atom. The molecule has 7 heteroatoms. The van der Waals surface area contributed by atoms with E-state index in [2.05, 4.69) is 9.47 Å². The highest BCUT2D eigenvalue weighted by atomic mass is 16.6. The summed E-state index contributed by atoms with van der Waals surface area (Å²) in [7, 11) is 2.49. The molecule has 2 aromatic carbocycles. The Hall–Kier alpha value is -3.48. The van der Waals surface area contributed by atoms with Crippen LogP contribution in [-0.2, 0) is 14.2 Å². The minimum Gasteiger partial charge on any atom is -0.465 e. The van der Waals surface area contributed by atoms with Crippen molar-refractivity contribution < 1.29 is 33.4 Å². The molecule has 7 nitrogen and oxygen atoms in total. The zero-order valence-electron chi connectivity index (χ0n) is 13.5. The fourth-order valence-electron chi connectivity index (χ4n) is 1.92. The Bertz CT molecular complexity index is 735. The van der Waals surface area contributed by atoms with Crippen molar-refractivity contribution in [2.75, 3.05) is 14.2 Å². The molecular formula is C18H14O7. The SMILES string of the molecule is COC(=O)c1ccc(C(=O)OC(=O)c2ccc(C(=O)OC)cc2)cc1. The van der Waals surface area contributed by atoms with Crippen LogP contribution >= 0.6 is 0 Å². The summed E-state index contributed by atoms with van der Waals surface area (Å²) < 4.78 is 13.9. The zero-order valence-corrected chi connectivity index (χ0v) is 13.5. The van der Waals surface area contributed by atoms with Crippen LogP contribution in [0.15, 0.2) is 48.5 Å². The van der Waals surface area contributed by atoms with Crippen LogP contribution in [0.5, 0.6) is 0 Å². The molecule has 0 fully saturated rings. The molecule has 0 heterocycles. The summed E-state index contributed by atoms with van der Waals surface area (Å²) in [6.45, 7) is 0. The first-order valence-corrected chi connectivity index (χ1v) is 7.09. The largest absolute Gasteiger partial charge is 0.465 e. The minimum absolute atomic E-state index is 0.104. The molecule has 2 rings (SSSR count). The van der Waals surface area contributed by atoms with Crippen LogP contribution in [0.3, 0.4) is 0 Å². The molecule has 0 aliphatic rings. The van der Waals surface area contributed by atoms with Gasteiger partial charge in [-0.3, -0.25) is 0 Å². The number of ether oxygens (including phenoxy) is 3. The van der Waals surface area contributed by atoms with Crippen molar-refractivity contribution in [1.29, 1.82) is 0 Å². The first-order chi connectivity index (χ1) is 12.0. The van der Waals surface area contributed by atoms with Gasteiger partial charge in [-0.15, -0.1) is 0 Å². The standard InChI is InChI=1S/C18H14O7/c1-23-15(19)11-3-7-13(8-4-11)17(21)25-18(22)14-9-5-12(6-10-14)16(20)24-2/h3-10H,1-2H3. The predicted octanol–water partition coefficient (Wildman–Crippen LogP) is 2.26. The van der Waals surface area contributed by atoms with Crippen molar-refractivity contribution in [1.82, 2.24) is 0 Å². The van der Waals surface area contributed by atoms with Gasteiger partial charge in [0.1, 0.15) is 0 Å². The van der Waals surface area contributed by atoms with E-state index in [1.54, 1.807) is 0 Å². The van der Waals surface area contributed by atoms with Crippen LogP contribution in [0.1, 0.15) is 41.4 Å². The van der Waals surface area contributed by atoms with Gasteiger partial charge < -0.3 is 14.2 Å². The van der Waals surface area contributed by atoms with Crippen molar-refractivity contribution in [3.8, 4) is 0 Å². The van der Waals surface area contributed by atoms with E-state index in [-0.39, 0.29) is 22.3 Å². The third-order valence-electron chi connectivity index (χ3n) is 3.27. The molecule has 0 saturated heterocycles. The minimum atomic E-state index is -0.863. The van der Waals surface area contributed by atoms with Gasteiger partial charge in [0.15, 0.2) is 0 Å². The highest BCUT2D eigenvalue weighted by Gasteiger charge is 2.16. The van der Waals surface area contributed by atoms with Gasteiger partial charge in [-0.05, 0) is 48.5 Å². The van der Waals surface area contributed by atoms with Gasteiger partial charge in [-0.2, -0.15) is 0 Å². The number of esters is 4. The lowest BCUT2D eigenvalue weighted by atomic mass is 10.1. The van der Waals surface area contributed by atoms with E-state index in [1.165, 1.54) is 62.8 Å². The number of carbonyl (C=O) groups is 4. The van der Waals surface area contributed by atoms with E-state index in [9.17, 15) is 19.2 Å². The maximum atomic E-state index is 12.0. The van der Waals surface area contributed by atoms with Crippen LogP contribution in [0.25, 0.3) is 0 Å². The van der Waals surface area contributed by atoms with E-state index >= 15 is 0 Å². The van der Waals surface area contributed by atoms with Crippen LogP contribution in [0.4, 0.5) is 0 Å². The Labute approximate surface area is 143 Å². The Balaban J connectivity index is 2.05. The quantitative estimate of drug-likeness (QED) is 0.478. The van der Waals surface area contributed by atoms with Crippen LogP contribution < -0.4 is 0 Å². The smallest absolute Gasteiger partial charge is 0.346 e. The maximum absolute atomic E-state index is 12.0. The number of benzene rings is 2. The highest BCUT2D eigenvalue weighted by molar-refractivity contribution is 6.03.